The lowest BCUT2D eigenvalue weighted by molar-refractivity contribution is -0.906. The van der Waals surface area contributed by atoms with Gasteiger partial charge < -0.3 is 19.9 Å². The van der Waals surface area contributed by atoms with E-state index >= 15 is 0 Å². The van der Waals surface area contributed by atoms with Crippen LogP contribution in [0.4, 0.5) is 5.69 Å². The molecule has 2 aromatic rings. The Morgan fingerprint density at radius 3 is 2.62 bits per heavy atom. The first-order valence-corrected chi connectivity index (χ1v) is 9.70. The number of quaternary nitrogens is 1. The molecule has 1 saturated heterocycles. The third-order valence-electron chi connectivity index (χ3n) is 4.70. The van der Waals surface area contributed by atoms with Crippen molar-refractivity contribution in [3.63, 3.8) is 0 Å². The number of benzene rings is 2. The van der Waals surface area contributed by atoms with E-state index in [1.54, 1.807) is 4.90 Å². The van der Waals surface area contributed by atoms with E-state index in [9.17, 15) is 0 Å². The van der Waals surface area contributed by atoms with Crippen LogP contribution in [0.1, 0.15) is 11.1 Å². The number of anilines is 1. The number of nitrogens with one attached hydrogen (secondary N) is 2. The molecule has 0 aromatic heterocycles. The van der Waals surface area contributed by atoms with Crippen LogP contribution in [0.3, 0.4) is 0 Å². The summed E-state index contributed by atoms with van der Waals surface area (Å²) in [6.45, 7) is 8.72. The van der Waals surface area contributed by atoms with Gasteiger partial charge in [-0.2, -0.15) is 0 Å². The highest BCUT2D eigenvalue weighted by atomic mass is 32.1. The van der Waals surface area contributed by atoms with Crippen LogP contribution in [0, 0.1) is 6.92 Å². The molecule has 1 aliphatic rings. The highest BCUT2D eigenvalue weighted by Crippen LogP contribution is 2.19. The maximum atomic E-state index is 5.75. The van der Waals surface area contributed by atoms with Crippen LogP contribution >= 0.6 is 12.2 Å². The summed E-state index contributed by atoms with van der Waals surface area (Å²) < 4.78 is 5.43. The first-order valence-electron chi connectivity index (χ1n) is 9.29. The van der Waals surface area contributed by atoms with Crippen molar-refractivity contribution in [3.8, 4) is 0 Å². The summed E-state index contributed by atoms with van der Waals surface area (Å²) in [7, 11) is 0. The minimum absolute atomic E-state index is 0.764. The lowest BCUT2D eigenvalue weighted by atomic mass is 10.1. The monoisotopic (exact) mass is 370 g/mol. The molecule has 0 radical (unpaired) electrons. The van der Waals surface area contributed by atoms with Gasteiger partial charge in [0, 0.05) is 5.69 Å². The number of thiocarbonyl (C=S) groups is 1. The van der Waals surface area contributed by atoms with Crippen molar-refractivity contribution in [3.05, 3.63) is 65.7 Å². The molecule has 1 aliphatic heterocycles. The number of rotatable bonds is 6. The third kappa shape index (κ3) is 5.53. The zero-order chi connectivity index (χ0) is 18.2. The van der Waals surface area contributed by atoms with E-state index in [0.717, 1.165) is 56.7 Å². The summed E-state index contributed by atoms with van der Waals surface area (Å²) in [6, 6.07) is 19.0. The standard InChI is InChI=1S/C21H27N3OS/c1-18-6-5-9-20(16-18)24(17-19-7-3-2-4-8-19)21(26)22-10-11-23-12-14-25-15-13-23/h2-9,16H,10-15,17H2,1H3,(H,22,26)/p+1. The molecule has 0 unspecified atom stereocenters. The average molecular weight is 371 g/mol. The molecule has 0 saturated carbocycles. The molecule has 5 heteroatoms. The summed E-state index contributed by atoms with van der Waals surface area (Å²) in [4.78, 5) is 3.77. The van der Waals surface area contributed by atoms with Crippen molar-refractivity contribution in [2.75, 3.05) is 44.3 Å². The summed E-state index contributed by atoms with van der Waals surface area (Å²) in [6.07, 6.45) is 0. The smallest absolute Gasteiger partial charge is 0.173 e. The fraction of sp³-hybridized carbons (Fsp3) is 0.381. The van der Waals surface area contributed by atoms with Crippen LogP contribution < -0.4 is 15.1 Å². The molecular weight excluding hydrogens is 342 g/mol. The van der Waals surface area contributed by atoms with E-state index < -0.39 is 0 Å². The van der Waals surface area contributed by atoms with Crippen molar-refractivity contribution in [2.24, 2.45) is 0 Å². The highest BCUT2D eigenvalue weighted by Gasteiger charge is 2.16. The molecule has 26 heavy (non-hydrogen) atoms. The van der Waals surface area contributed by atoms with Crippen molar-refractivity contribution in [1.29, 1.82) is 0 Å². The summed E-state index contributed by atoms with van der Waals surface area (Å²) in [5.41, 5.74) is 3.61. The van der Waals surface area contributed by atoms with Gasteiger partial charge in [0.15, 0.2) is 5.11 Å². The maximum absolute atomic E-state index is 5.75. The molecule has 0 atom stereocenters. The van der Waals surface area contributed by atoms with Crippen molar-refractivity contribution >= 4 is 23.0 Å². The second-order valence-corrected chi connectivity index (χ2v) is 7.14. The van der Waals surface area contributed by atoms with Crippen LogP contribution in [0.5, 0.6) is 0 Å². The van der Waals surface area contributed by atoms with Gasteiger partial charge in [-0.3, -0.25) is 0 Å². The predicted octanol–water partition coefficient (Wildman–Crippen LogP) is 1.79. The lowest BCUT2D eigenvalue weighted by Gasteiger charge is -2.28. The quantitative estimate of drug-likeness (QED) is 0.759. The minimum Gasteiger partial charge on any atom is -0.370 e. The molecule has 2 N–H and O–H groups in total. The Bertz CT molecular complexity index is 701. The molecule has 3 rings (SSSR count). The van der Waals surface area contributed by atoms with E-state index in [4.69, 9.17) is 17.0 Å². The molecule has 0 amide bonds. The van der Waals surface area contributed by atoms with Gasteiger partial charge in [0.25, 0.3) is 0 Å². The van der Waals surface area contributed by atoms with E-state index in [0.29, 0.717) is 0 Å². The van der Waals surface area contributed by atoms with Gasteiger partial charge >= 0.3 is 0 Å². The number of aryl methyl sites for hydroxylation is 1. The Kier molecular flexibility index (Phi) is 7.00. The Labute approximate surface area is 161 Å². The molecule has 2 aromatic carbocycles. The zero-order valence-corrected chi connectivity index (χ0v) is 16.2. The topological polar surface area (TPSA) is 28.9 Å². The zero-order valence-electron chi connectivity index (χ0n) is 15.4. The van der Waals surface area contributed by atoms with Crippen LogP contribution in [0.15, 0.2) is 54.6 Å². The van der Waals surface area contributed by atoms with Gasteiger partial charge in [-0.05, 0) is 42.4 Å². The van der Waals surface area contributed by atoms with Gasteiger partial charge in [0.1, 0.15) is 13.1 Å². The second kappa shape index (κ2) is 9.67. The van der Waals surface area contributed by atoms with Gasteiger partial charge in [-0.15, -0.1) is 0 Å². The summed E-state index contributed by atoms with van der Waals surface area (Å²) >= 11 is 5.75. The summed E-state index contributed by atoms with van der Waals surface area (Å²) in [5.74, 6) is 0. The van der Waals surface area contributed by atoms with E-state index in [-0.39, 0.29) is 0 Å². The molecular formula is C21H28N3OS+. The molecule has 4 nitrogen and oxygen atoms in total. The SMILES string of the molecule is Cc1cccc(N(Cc2ccccc2)C(=S)NCC[NH+]2CCOCC2)c1. The van der Waals surface area contributed by atoms with Crippen LogP contribution in [0.2, 0.25) is 0 Å². The Balaban J connectivity index is 1.64. The number of morpholine rings is 1. The molecule has 138 valence electrons. The normalized spacial score (nSPS) is 14.8. The number of ether oxygens (including phenoxy) is 1. The van der Waals surface area contributed by atoms with Crippen molar-refractivity contribution in [2.45, 2.75) is 13.5 Å². The predicted molar refractivity (Wildman–Crippen MR) is 111 cm³/mol. The second-order valence-electron chi connectivity index (χ2n) is 6.76. The van der Waals surface area contributed by atoms with Crippen LogP contribution in [-0.2, 0) is 11.3 Å². The van der Waals surface area contributed by atoms with E-state index in [1.165, 1.54) is 11.1 Å². The highest BCUT2D eigenvalue weighted by molar-refractivity contribution is 7.80. The first-order chi connectivity index (χ1) is 12.7. The van der Waals surface area contributed by atoms with Gasteiger partial charge in [0.05, 0.1) is 32.8 Å². The first kappa shape index (κ1) is 18.8. The molecule has 1 heterocycles. The number of hydrogen-bond acceptors (Lipinski definition) is 2. The fourth-order valence-electron chi connectivity index (χ4n) is 3.19. The molecule has 1 fully saturated rings. The van der Waals surface area contributed by atoms with E-state index in [1.807, 2.05) is 6.07 Å². The Hall–Kier alpha value is -1.95. The largest absolute Gasteiger partial charge is 0.370 e. The maximum Gasteiger partial charge on any atom is 0.173 e. The minimum atomic E-state index is 0.764. The van der Waals surface area contributed by atoms with Crippen LogP contribution in [0.25, 0.3) is 0 Å². The van der Waals surface area contributed by atoms with Gasteiger partial charge in [0.2, 0.25) is 0 Å². The third-order valence-corrected chi connectivity index (χ3v) is 5.06. The number of nitrogens with zero attached hydrogens (tertiary/aromatic N) is 1. The van der Waals surface area contributed by atoms with Crippen molar-refractivity contribution in [1.82, 2.24) is 5.32 Å². The van der Waals surface area contributed by atoms with E-state index in [2.05, 4.69) is 65.7 Å². The average Bonchev–Trinajstić information content (AvgIpc) is 2.67. The molecule has 0 bridgehead atoms. The van der Waals surface area contributed by atoms with Crippen LogP contribution in [-0.4, -0.2) is 44.5 Å². The molecule has 0 aliphatic carbocycles. The number of hydrogen-bond donors (Lipinski definition) is 2. The van der Waals surface area contributed by atoms with Crippen molar-refractivity contribution < 1.29 is 9.64 Å². The molecule has 0 spiro atoms. The van der Waals surface area contributed by atoms with Gasteiger partial charge in [-0.25, -0.2) is 0 Å². The fourth-order valence-corrected chi connectivity index (χ4v) is 3.47. The summed E-state index contributed by atoms with van der Waals surface area (Å²) in [5, 5.41) is 4.25. The lowest BCUT2D eigenvalue weighted by Crippen LogP contribution is -3.14. The Morgan fingerprint density at radius 2 is 1.88 bits per heavy atom. The Morgan fingerprint density at radius 1 is 1.12 bits per heavy atom. The van der Waals surface area contributed by atoms with Gasteiger partial charge in [-0.1, -0.05) is 42.5 Å².